The number of nitrogens with one attached hydrogen (secondary N) is 1. The molecular formula is C16H26BrNO2. The SMILES string of the molecule is COCCOCCC(CNC(C)C)c1ccccc1Br. The van der Waals surface area contributed by atoms with Gasteiger partial charge in [0.2, 0.25) is 0 Å². The van der Waals surface area contributed by atoms with Gasteiger partial charge in [-0.15, -0.1) is 0 Å². The van der Waals surface area contributed by atoms with Crippen LogP contribution in [0.4, 0.5) is 0 Å². The number of methoxy groups -OCH3 is 1. The van der Waals surface area contributed by atoms with E-state index in [0.29, 0.717) is 25.2 Å². The largest absolute Gasteiger partial charge is 0.382 e. The van der Waals surface area contributed by atoms with E-state index in [1.165, 1.54) is 10.0 Å². The van der Waals surface area contributed by atoms with E-state index in [1.54, 1.807) is 7.11 Å². The van der Waals surface area contributed by atoms with Gasteiger partial charge < -0.3 is 14.8 Å². The maximum absolute atomic E-state index is 5.60. The number of ether oxygens (including phenoxy) is 2. The van der Waals surface area contributed by atoms with Gasteiger partial charge in [0.1, 0.15) is 0 Å². The molecule has 4 heteroatoms. The Kier molecular flexibility index (Phi) is 9.10. The summed E-state index contributed by atoms with van der Waals surface area (Å²) in [6, 6.07) is 8.92. The quantitative estimate of drug-likeness (QED) is 0.658. The molecule has 1 atom stereocenters. The molecule has 0 saturated heterocycles. The van der Waals surface area contributed by atoms with E-state index >= 15 is 0 Å². The molecule has 0 heterocycles. The molecule has 1 rings (SSSR count). The summed E-state index contributed by atoms with van der Waals surface area (Å²) in [7, 11) is 1.69. The lowest BCUT2D eigenvalue weighted by atomic mass is 9.95. The van der Waals surface area contributed by atoms with E-state index in [1.807, 2.05) is 0 Å². The van der Waals surface area contributed by atoms with Crippen LogP contribution in [0.15, 0.2) is 28.7 Å². The van der Waals surface area contributed by atoms with Crippen LogP contribution in [0.3, 0.4) is 0 Å². The zero-order chi connectivity index (χ0) is 14.8. The first-order valence-corrected chi connectivity index (χ1v) is 7.99. The molecule has 0 saturated carbocycles. The van der Waals surface area contributed by atoms with Crippen molar-refractivity contribution in [3.05, 3.63) is 34.3 Å². The van der Waals surface area contributed by atoms with Gasteiger partial charge in [-0.25, -0.2) is 0 Å². The summed E-state index contributed by atoms with van der Waals surface area (Å²) in [5.41, 5.74) is 1.34. The molecule has 0 aliphatic rings. The first-order valence-electron chi connectivity index (χ1n) is 7.19. The summed E-state index contributed by atoms with van der Waals surface area (Å²) in [5.74, 6) is 0.454. The van der Waals surface area contributed by atoms with Gasteiger partial charge in [0.05, 0.1) is 13.2 Å². The fourth-order valence-electron chi connectivity index (χ4n) is 2.02. The van der Waals surface area contributed by atoms with Crippen LogP contribution in [0.25, 0.3) is 0 Å². The maximum atomic E-state index is 5.60. The third-order valence-electron chi connectivity index (χ3n) is 3.16. The van der Waals surface area contributed by atoms with Gasteiger partial charge in [-0.1, -0.05) is 48.0 Å². The lowest BCUT2D eigenvalue weighted by Gasteiger charge is -2.21. The molecule has 1 unspecified atom stereocenters. The monoisotopic (exact) mass is 343 g/mol. The molecule has 0 amide bonds. The first-order chi connectivity index (χ1) is 9.65. The van der Waals surface area contributed by atoms with Gasteiger partial charge in [0.25, 0.3) is 0 Å². The average molecular weight is 344 g/mol. The Balaban J connectivity index is 2.54. The normalized spacial score (nSPS) is 12.8. The molecule has 114 valence electrons. The molecule has 1 aromatic carbocycles. The number of hydrogen-bond donors (Lipinski definition) is 1. The van der Waals surface area contributed by atoms with Gasteiger partial charge >= 0.3 is 0 Å². The van der Waals surface area contributed by atoms with Crippen molar-refractivity contribution in [3.63, 3.8) is 0 Å². The van der Waals surface area contributed by atoms with E-state index in [9.17, 15) is 0 Å². The summed E-state index contributed by atoms with van der Waals surface area (Å²) in [5, 5.41) is 3.52. The predicted molar refractivity (Wildman–Crippen MR) is 87.3 cm³/mol. The van der Waals surface area contributed by atoms with E-state index in [0.717, 1.165) is 19.6 Å². The molecule has 3 nitrogen and oxygen atoms in total. The fourth-order valence-corrected chi connectivity index (χ4v) is 2.63. The molecule has 0 bridgehead atoms. The molecule has 0 spiro atoms. The lowest BCUT2D eigenvalue weighted by Crippen LogP contribution is -2.28. The standard InChI is InChI=1S/C16H26BrNO2/c1-13(2)18-12-14(8-9-20-11-10-19-3)15-6-4-5-7-16(15)17/h4-7,13-14,18H,8-12H2,1-3H3. The Bertz CT molecular complexity index is 371. The highest BCUT2D eigenvalue weighted by atomic mass is 79.9. The highest BCUT2D eigenvalue weighted by Crippen LogP contribution is 2.27. The number of rotatable bonds is 10. The van der Waals surface area contributed by atoms with Crippen LogP contribution in [0, 0.1) is 0 Å². The Morgan fingerprint density at radius 1 is 1.15 bits per heavy atom. The van der Waals surface area contributed by atoms with Crippen LogP contribution in [0.2, 0.25) is 0 Å². The minimum absolute atomic E-state index is 0.454. The Morgan fingerprint density at radius 3 is 2.55 bits per heavy atom. The van der Waals surface area contributed by atoms with Gasteiger partial charge in [0.15, 0.2) is 0 Å². The highest BCUT2D eigenvalue weighted by Gasteiger charge is 2.14. The van der Waals surface area contributed by atoms with E-state index in [2.05, 4.69) is 59.4 Å². The second kappa shape index (κ2) is 10.3. The summed E-state index contributed by atoms with van der Waals surface area (Å²) in [4.78, 5) is 0. The number of hydrogen-bond acceptors (Lipinski definition) is 3. The average Bonchev–Trinajstić information content (AvgIpc) is 2.43. The maximum Gasteiger partial charge on any atom is 0.0700 e. The van der Waals surface area contributed by atoms with Crippen LogP contribution < -0.4 is 5.32 Å². The van der Waals surface area contributed by atoms with Crippen LogP contribution in [-0.4, -0.2) is 39.5 Å². The summed E-state index contributed by atoms with van der Waals surface area (Å²) in [6.07, 6.45) is 1.01. The van der Waals surface area contributed by atoms with Crippen molar-refractivity contribution < 1.29 is 9.47 Å². The van der Waals surface area contributed by atoms with Crippen molar-refractivity contribution in [1.82, 2.24) is 5.32 Å². The van der Waals surface area contributed by atoms with Gasteiger partial charge in [0, 0.05) is 30.8 Å². The molecule has 0 radical (unpaired) electrons. The van der Waals surface area contributed by atoms with Gasteiger partial charge in [-0.2, -0.15) is 0 Å². The highest BCUT2D eigenvalue weighted by molar-refractivity contribution is 9.10. The zero-order valence-electron chi connectivity index (χ0n) is 12.7. The lowest BCUT2D eigenvalue weighted by molar-refractivity contribution is 0.0669. The van der Waals surface area contributed by atoms with Crippen LogP contribution >= 0.6 is 15.9 Å². The topological polar surface area (TPSA) is 30.5 Å². The summed E-state index contributed by atoms with van der Waals surface area (Å²) >= 11 is 3.65. The minimum atomic E-state index is 0.454. The van der Waals surface area contributed by atoms with Crippen LogP contribution in [0.1, 0.15) is 31.7 Å². The van der Waals surface area contributed by atoms with Crippen LogP contribution in [0.5, 0.6) is 0 Å². The summed E-state index contributed by atoms with van der Waals surface area (Å²) in [6.45, 7) is 7.39. The molecule has 0 aliphatic carbocycles. The van der Waals surface area contributed by atoms with E-state index < -0.39 is 0 Å². The second-order valence-electron chi connectivity index (χ2n) is 5.18. The van der Waals surface area contributed by atoms with Crippen LogP contribution in [-0.2, 0) is 9.47 Å². The number of benzene rings is 1. The van der Waals surface area contributed by atoms with Gasteiger partial charge in [-0.3, -0.25) is 0 Å². The Morgan fingerprint density at radius 2 is 1.90 bits per heavy atom. The Labute approximate surface area is 131 Å². The fraction of sp³-hybridized carbons (Fsp3) is 0.625. The Hall–Kier alpha value is -0.420. The molecular weight excluding hydrogens is 318 g/mol. The smallest absolute Gasteiger partial charge is 0.0700 e. The van der Waals surface area contributed by atoms with Crippen molar-refractivity contribution in [2.24, 2.45) is 0 Å². The third kappa shape index (κ3) is 6.84. The number of halogens is 1. The van der Waals surface area contributed by atoms with E-state index in [-0.39, 0.29) is 0 Å². The molecule has 20 heavy (non-hydrogen) atoms. The van der Waals surface area contributed by atoms with Crippen molar-refractivity contribution in [3.8, 4) is 0 Å². The van der Waals surface area contributed by atoms with Crippen molar-refractivity contribution >= 4 is 15.9 Å². The van der Waals surface area contributed by atoms with Crippen molar-refractivity contribution in [1.29, 1.82) is 0 Å². The molecule has 0 aliphatic heterocycles. The minimum Gasteiger partial charge on any atom is -0.382 e. The second-order valence-corrected chi connectivity index (χ2v) is 6.03. The summed E-state index contributed by atoms with van der Waals surface area (Å²) < 4.78 is 11.8. The van der Waals surface area contributed by atoms with E-state index in [4.69, 9.17) is 9.47 Å². The molecule has 1 aromatic rings. The third-order valence-corrected chi connectivity index (χ3v) is 3.88. The molecule has 1 N–H and O–H groups in total. The first kappa shape index (κ1) is 17.6. The predicted octanol–water partition coefficient (Wildman–Crippen LogP) is 3.58. The molecule has 0 aromatic heterocycles. The van der Waals surface area contributed by atoms with Crippen molar-refractivity contribution in [2.45, 2.75) is 32.2 Å². The van der Waals surface area contributed by atoms with Gasteiger partial charge in [-0.05, 0) is 24.0 Å². The zero-order valence-corrected chi connectivity index (χ0v) is 14.3. The van der Waals surface area contributed by atoms with Crippen molar-refractivity contribution in [2.75, 3.05) is 33.5 Å². The molecule has 0 fully saturated rings.